The van der Waals surface area contributed by atoms with Crippen molar-refractivity contribution >= 4 is 5.91 Å². The second-order valence-corrected chi connectivity index (χ2v) is 2.57. The number of ether oxygens (including phenoxy) is 1. The van der Waals surface area contributed by atoms with Crippen molar-refractivity contribution in [3.05, 3.63) is 0 Å². The molecule has 3 nitrogen and oxygen atoms in total. The Kier molecular flexibility index (Phi) is 0.990. The van der Waals surface area contributed by atoms with E-state index in [4.69, 9.17) is 4.74 Å². The second-order valence-electron chi connectivity index (χ2n) is 2.57. The van der Waals surface area contributed by atoms with Gasteiger partial charge in [-0.1, -0.05) is 0 Å². The van der Waals surface area contributed by atoms with Crippen LogP contribution < -0.4 is 5.32 Å². The molecule has 9 heavy (non-hydrogen) atoms. The number of rotatable bonds is 0. The Morgan fingerprint density at radius 2 is 2.44 bits per heavy atom. The van der Waals surface area contributed by atoms with Crippen LogP contribution >= 0.6 is 0 Å². The summed E-state index contributed by atoms with van der Waals surface area (Å²) in [6.07, 6.45) is 2.15. The Hall–Kier alpha value is -0.570. The van der Waals surface area contributed by atoms with Gasteiger partial charge in [0.05, 0.1) is 6.10 Å². The molecule has 0 aromatic heterocycles. The van der Waals surface area contributed by atoms with Crippen LogP contribution in [-0.4, -0.2) is 24.7 Å². The van der Waals surface area contributed by atoms with Crippen LogP contribution in [0.2, 0.25) is 0 Å². The van der Waals surface area contributed by atoms with Crippen LogP contribution in [0.5, 0.6) is 0 Å². The molecule has 2 atom stereocenters. The van der Waals surface area contributed by atoms with Gasteiger partial charge in [0.15, 0.2) is 0 Å². The van der Waals surface area contributed by atoms with Crippen molar-refractivity contribution in [1.82, 2.24) is 5.32 Å². The first kappa shape index (κ1) is 5.23. The predicted octanol–water partition coefficient (Wildman–Crippen LogP) is -0.336. The summed E-state index contributed by atoms with van der Waals surface area (Å²) in [5.41, 5.74) is 0. The van der Waals surface area contributed by atoms with Crippen LogP contribution in [0, 0.1) is 0 Å². The van der Waals surface area contributed by atoms with Crippen molar-refractivity contribution in [2.45, 2.75) is 25.0 Å². The molecule has 2 bridgehead atoms. The number of morpholine rings is 1. The fraction of sp³-hybridized carbons (Fsp3) is 0.833. The molecule has 2 heterocycles. The van der Waals surface area contributed by atoms with Crippen molar-refractivity contribution in [2.24, 2.45) is 0 Å². The molecule has 0 aromatic carbocycles. The molecule has 2 rings (SSSR count). The topological polar surface area (TPSA) is 38.3 Å². The normalized spacial score (nSPS) is 40.7. The van der Waals surface area contributed by atoms with E-state index in [0.29, 0.717) is 6.10 Å². The molecule has 1 amide bonds. The predicted molar refractivity (Wildman–Crippen MR) is 30.9 cm³/mol. The van der Waals surface area contributed by atoms with E-state index < -0.39 is 0 Å². The first-order chi connectivity index (χ1) is 4.36. The summed E-state index contributed by atoms with van der Waals surface area (Å²) < 4.78 is 5.30. The molecule has 2 saturated heterocycles. The maximum atomic E-state index is 10.8. The lowest BCUT2D eigenvalue weighted by Gasteiger charge is -2.19. The highest BCUT2D eigenvalue weighted by molar-refractivity contribution is 5.81. The lowest BCUT2D eigenvalue weighted by Crippen LogP contribution is -2.43. The summed E-state index contributed by atoms with van der Waals surface area (Å²) in [6.45, 7) is 0.718. The zero-order valence-electron chi connectivity index (χ0n) is 5.09. The van der Waals surface area contributed by atoms with E-state index in [0.717, 1.165) is 19.4 Å². The fourth-order valence-corrected chi connectivity index (χ4v) is 1.38. The average Bonchev–Trinajstić information content (AvgIpc) is 2.25. The average molecular weight is 127 g/mol. The Morgan fingerprint density at radius 3 is 3.22 bits per heavy atom. The lowest BCUT2D eigenvalue weighted by molar-refractivity contribution is -0.137. The van der Waals surface area contributed by atoms with Gasteiger partial charge in [0.1, 0.15) is 6.10 Å². The molecular weight excluding hydrogens is 118 g/mol. The highest BCUT2D eigenvalue weighted by Gasteiger charge is 2.34. The van der Waals surface area contributed by atoms with Gasteiger partial charge < -0.3 is 10.1 Å². The Morgan fingerprint density at radius 1 is 1.56 bits per heavy atom. The molecule has 2 fully saturated rings. The Balaban J connectivity index is 2.14. The lowest BCUT2D eigenvalue weighted by atomic mass is 10.2. The van der Waals surface area contributed by atoms with Gasteiger partial charge in [-0.15, -0.1) is 0 Å². The molecule has 0 aliphatic carbocycles. The van der Waals surface area contributed by atoms with Gasteiger partial charge in [0, 0.05) is 6.54 Å². The van der Waals surface area contributed by atoms with E-state index in [2.05, 4.69) is 5.32 Å². The molecule has 0 unspecified atom stereocenters. The molecule has 3 heteroatoms. The van der Waals surface area contributed by atoms with Crippen LogP contribution in [0.15, 0.2) is 0 Å². The van der Waals surface area contributed by atoms with E-state index >= 15 is 0 Å². The summed E-state index contributed by atoms with van der Waals surface area (Å²) in [4.78, 5) is 10.8. The van der Waals surface area contributed by atoms with Gasteiger partial charge in [-0.25, -0.2) is 0 Å². The van der Waals surface area contributed by atoms with E-state index in [-0.39, 0.29) is 12.0 Å². The highest BCUT2D eigenvalue weighted by atomic mass is 16.5. The first-order valence-corrected chi connectivity index (χ1v) is 3.29. The quantitative estimate of drug-likeness (QED) is 0.483. The Labute approximate surface area is 53.4 Å². The molecule has 1 N–H and O–H groups in total. The van der Waals surface area contributed by atoms with Crippen LogP contribution in [-0.2, 0) is 9.53 Å². The number of amides is 1. The van der Waals surface area contributed by atoms with Crippen molar-refractivity contribution in [2.75, 3.05) is 6.54 Å². The van der Waals surface area contributed by atoms with E-state index in [1.54, 1.807) is 0 Å². The minimum absolute atomic E-state index is 0.0729. The maximum Gasteiger partial charge on any atom is 0.249 e. The standard InChI is InChI=1S/C6H9NO2/c8-6-5-2-1-4(9-5)3-7-6/h4-5H,1-3H2,(H,7,8)/t4-,5-/m0/s1. The number of hydrogen-bond donors (Lipinski definition) is 1. The van der Waals surface area contributed by atoms with Crippen LogP contribution in [0.1, 0.15) is 12.8 Å². The highest BCUT2D eigenvalue weighted by Crippen LogP contribution is 2.22. The van der Waals surface area contributed by atoms with Crippen molar-refractivity contribution in [3.8, 4) is 0 Å². The molecule has 0 radical (unpaired) electrons. The smallest absolute Gasteiger partial charge is 0.249 e. The molecule has 0 aromatic rings. The largest absolute Gasteiger partial charge is 0.363 e. The third kappa shape index (κ3) is 0.721. The number of carbonyl (C=O) groups excluding carboxylic acids is 1. The van der Waals surface area contributed by atoms with Crippen LogP contribution in [0.25, 0.3) is 0 Å². The SMILES string of the molecule is O=C1NC[C@@H]2CC[C@@H]1O2. The third-order valence-electron chi connectivity index (χ3n) is 1.90. The summed E-state index contributed by atoms with van der Waals surface area (Å²) in [7, 11) is 0. The van der Waals surface area contributed by atoms with Crippen molar-refractivity contribution < 1.29 is 9.53 Å². The van der Waals surface area contributed by atoms with Crippen LogP contribution in [0.3, 0.4) is 0 Å². The molecule has 2 aliphatic rings. The molecular formula is C6H9NO2. The zero-order valence-corrected chi connectivity index (χ0v) is 5.09. The molecule has 2 aliphatic heterocycles. The summed E-state index contributed by atoms with van der Waals surface area (Å²) in [6, 6.07) is 0. The summed E-state index contributed by atoms with van der Waals surface area (Å²) >= 11 is 0. The fourth-order valence-electron chi connectivity index (χ4n) is 1.38. The minimum atomic E-state index is -0.122. The number of fused-ring (bicyclic) bond motifs is 2. The summed E-state index contributed by atoms with van der Waals surface area (Å²) in [5.74, 6) is 0.0729. The van der Waals surface area contributed by atoms with Crippen molar-refractivity contribution in [3.63, 3.8) is 0 Å². The van der Waals surface area contributed by atoms with E-state index in [1.807, 2.05) is 0 Å². The molecule has 50 valence electrons. The Bertz CT molecular complexity index is 146. The van der Waals surface area contributed by atoms with E-state index in [1.165, 1.54) is 0 Å². The van der Waals surface area contributed by atoms with Crippen LogP contribution in [0.4, 0.5) is 0 Å². The van der Waals surface area contributed by atoms with Gasteiger partial charge in [-0.05, 0) is 12.8 Å². The van der Waals surface area contributed by atoms with Gasteiger partial charge in [0.25, 0.3) is 0 Å². The second kappa shape index (κ2) is 1.70. The van der Waals surface area contributed by atoms with Gasteiger partial charge in [-0.2, -0.15) is 0 Å². The van der Waals surface area contributed by atoms with Crippen molar-refractivity contribution in [1.29, 1.82) is 0 Å². The third-order valence-corrected chi connectivity index (χ3v) is 1.90. The molecule has 0 saturated carbocycles. The number of hydrogen-bond acceptors (Lipinski definition) is 2. The van der Waals surface area contributed by atoms with Gasteiger partial charge in [0.2, 0.25) is 5.91 Å². The number of nitrogens with one attached hydrogen (secondary N) is 1. The summed E-state index contributed by atoms with van der Waals surface area (Å²) in [5, 5.41) is 2.78. The molecule has 0 spiro atoms. The van der Waals surface area contributed by atoms with E-state index in [9.17, 15) is 4.79 Å². The van der Waals surface area contributed by atoms with Gasteiger partial charge >= 0.3 is 0 Å². The maximum absolute atomic E-state index is 10.8. The zero-order chi connectivity index (χ0) is 6.27. The first-order valence-electron chi connectivity index (χ1n) is 3.29. The monoisotopic (exact) mass is 127 g/mol. The number of carbonyl (C=O) groups is 1. The minimum Gasteiger partial charge on any atom is -0.363 e. The van der Waals surface area contributed by atoms with Gasteiger partial charge in [-0.3, -0.25) is 4.79 Å².